The van der Waals surface area contributed by atoms with Crippen molar-refractivity contribution in [1.82, 2.24) is 19.6 Å². The molecule has 3 fully saturated rings. The van der Waals surface area contributed by atoms with Crippen LogP contribution >= 0.6 is 0 Å². The van der Waals surface area contributed by atoms with Crippen molar-refractivity contribution in [3.63, 3.8) is 0 Å². The second-order valence-electron chi connectivity index (χ2n) is 10.5. The fraction of sp³-hybridized carbons (Fsp3) is 0.593. The molecule has 2 aromatic rings. The molecule has 8 heteroatoms. The number of rotatable bonds is 4. The van der Waals surface area contributed by atoms with E-state index in [1.807, 2.05) is 4.90 Å². The van der Waals surface area contributed by atoms with E-state index in [9.17, 15) is 9.59 Å². The molecule has 0 saturated carbocycles. The highest BCUT2D eigenvalue weighted by Crippen LogP contribution is 2.45. The summed E-state index contributed by atoms with van der Waals surface area (Å²) < 4.78 is 12.1. The summed E-state index contributed by atoms with van der Waals surface area (Å²) in [6.45, 7) is 2.94. The molecule has 1 aliphatic carbocycles. The number of ether oxygens (including phenoxy) is 2. The minimum absolute atomic E-state index is 0.0318. The van der Waals surface area contributed by atoms with Gasteiger partial charge in [-0.1, -0.05) is 18.1 Å². The van der Waals surface area contributed by atoms with E-state index in [2.05, 4.69) is 16.1 Å². The van der Waals surface area contributed by atoms with Crippen LogP contribution in [0.25, 0.3) is 10.8 Å². The highest BCUT2D eigenvalue weighted by Gasteiger charge is 2.46. The van der Waals surface area contributed by atoms with E-state index in [1.54, 1.807) is 25.4 Å². The third-order valence-electron chi connectivity index (χ3n) is 8.62. The molecular formula is C27H34N4O4. The number of hydrogen-bond acceptors (Lipinski definition) is 6. The lowest BCUT2D eigenvalue weighted by Gasteiger charge is -2.54. The highest BCUT2D eigenvalue weighted by molar-refractivity contribution is 5.89. The maximum Gasteiger partial charge on any atom is 0.279 e. The maximum atomic E-state index is 13.7. The molecule has 1 amide bonds. The summed E-state index contributed by atoms with van der Waals surface area (Å²) in [5, 5.41) is 5.38. The van der Waals surface area contributed by atoms with Gasteiger partial charge in [-0.05, 0) is 62.6 Å². The number of hydrogen-bond donors (Lipinski definition) is 0. The van der Waals surface area contributed by atoms with E-state index in [0.29, 0.717) is 40.1 Å². The van der Waals surface area contributed by atoms with E-state index < -0.39 is 0 Å². The van der Waals surface area contributed by atoms with Crippen molar-refractivity contribution in [1.29, 1.82) is 0 Å². The lowest BCUT2D eigenvalue weighted by atomic mass is 9.68. The summed E-state index contributed by atoms with van der Waals surface area (Å²) in [6, 6.07) is 4.38. The Labute approximate surface area is 205 Å². The Morgan fingerprint density at radius 3 is 2.86 bits per heavy atom. The molecule has 35 heavy (non-hydrogen) atoms. The number of carbonyl (C=O) groups excluding carboxylic acids is 1. The van der Waals surface area contributed by atoms with Crippen LogP contribution in [-0.4, -0.2) is 71.4 Å². The minimum Gasteiger partial charge on any atom is -0.493 e. The van der Waals surface area contributed by atoms with Crippen LogP contribution in [-0.2, 0) is 11.3 Å². The molecule has 3 aliphatic heterocycles. The number of fused-ring (bicyclic) bond motifs is 7. The number of carbonyl (C=O) groups is 1. The summed E-state index contributed by atoms with van der Waals surface area (Å²) in [4.78, 5) is 31.8. The van der Waals surface area contributed by atoms with Gasteiger partial charge < -0.3 is 14.4 Å². The molecule has 0 unspecified atom stereocenters. The minimum atomic E-state index is -0.336. The Morgan fingerprint density at radius 1 is 1.14 bits per heavy atom. The Bertz CT molecular complexity index is 1240. The van der Waals surface area contributed by atoms with E-state index in [4.69, 9.17) is 9.47 Å². The van der Waals surface area contributed by atoms with Crippen LogP contribution in [0.15, 0.2) is 34.8 Å². The van der Waals surface area contributed by atoms with Gasteiger partial charge in [-0.3, -0.25) is 14.5 Å². The number of likely N-dealkylation sites (tertiary alicyclic amines) is 1. The number of nitrogens with zero attached hydrogens (tertiary/aromatic N) is 4. The standard InChI is InChI=1S/C27H34N4O4/c1-34-22-9-8-18-14-28-31(27(33)24(18)26(22)35-2)16-23(32)30-11-5-6-17-12-19-13-20(25(17)30)15-29-10-4-3-7-21(19)29/h8-9,12,14,19-21,25H,3-7,10-11,13,15-16H2,1-2H3/t19-,20+,21-,25+/m0/s1. The molecule has 4 aliphatic rings. The molecule has 0 spiro atoms. The second-order valence-corrected chi connectivity index (χ2v) is 10.5. The Morgan fingerprint density at radius 2 is 2.03 bits per heavy atom. The first-order valence-corrected chi connectivity index (χ1v) is 12.9. The zero-order valence-corrected chi connectivity index (χ0v) is 20.6. The van der Waals surface area contributed by atoms with E-state index in [-0.39, 0.29) is 24.1 Å². The average molecular weight is 479 g/mol. The molecule has 8 nitrogen and oxygen atoms in total. The fourth-order valence-electron chi connectivity index (χ4n) is 7.17. The lowest BCUT2D eigenvalue weighted by molar-refractivity contribution is -0.137. The van der Waals surface area contributed by atoms with Gasteiger partial charge in [0.2, 0.25) is 5.91 Å². The molecule has 1 aromatic heterocycles. The summed E-state index contributed by atoms with van der Waals surface area (Å²) in [6.07, 6.45) is 11.3. The van der Waals surface area contributed by atoms with Crippen molar-refractivity contribution in [2.75, 3.05) is 33.9 Å². The summed E-state index contributed by atoms with van der Waals surface area (Å²) in [5.41, 5.74) is 1.11. The molecule has 6 rings (SSSR count). The molecule has 0 N–H and O–H groups in total. The largest absolute Gasteiger partial charge is 0.493 e. The van der Waals surface area contributed by atoms with E-state index in [0.717, 1.165) is 25.9 Å². The Kier molecular flexibility index (Phi) is 5.79. The van der Waals surface area contributed by atoms with Crippen molar-refractivity contribution >= 4 is 16.7 Å². The second kappa shape index (κ2) is 8.97. The van der Waals surface area contributed by atoms with Crippen molar-refractivity contribution in [3.8, 4) is 11.5 Å². The van der Waals surface area contributed by atoms with Crippen LogP contribution in [0.4, 0.5) is 0 Å². The van der Waals surface area contributed by atoms with Gasteiger partial charge in [-0.25, -0.2) is 4.68 Å². The van der Waals surface area contributed by atoms with Gasteiger partial charge in [0.1, 0.15) is 6.54 Å². The number of piperidine rings is 3. The predicted octanol–water partition coefficient (Wildman–Crippen LogP) is 2.84. The van der Waals surface area contributed by atoms with Gasteiger partial charge in [0, 0.05) is 24.5 Å². The highest BCUT2D eigenvalue weighted by atomic mass is 16.5. The van der Waals surface area contributed by atoms with Gasteiger partial charge in [0.15, 0.2) is 11.5 Å². The first kappa shape index (κ1) is 22.6. The van der Waals surface area contributed by atoms with Crippen LogP contribution in [0.2, 0.25) is 0 Å². The monoisotopic (exact) mass is 478 g/mol. The zero-order valence-electron chi connectivity index (χ0n) is 20.6. The molecule has 2 bridgehead atoms. The third-order valence-corrected chi connectivity index (χ3v) is 8.62. The summed E-state index contributed by atoms with van der Waals surface area (Å²) in [7, 11) is 3.06. The van der Waals surface area contributed by atoms with E-state index >= 15 is 0 Å². The number of methoxy groups -OCH3 is 2. The van der Waals surface area contributed by atoms with Crippen molar-refractivity contribution in [2.24, 2.45) is 11.8 Å². The SMILES string of the molecule is COc1ccc2cnn(CC(=O)N3CCCC4=C[C@H]5C[C@H](CN6CCCC[C@@H]56)[C@@H]43)c(=O)c2c1OC. The summed E-state index contributed by atoms with van der Waals surface area (Å²) >= 11 is 0. The normalized spacial score (nSPS) is 28.2. The van der Waals surface area contributed by atoms with Crippen molar-refractivity contribution < 1.29 is 14.3 Å². The Balaban J connectivity index is 1.30. The van der Waals surface area contributed by atoms with Crippen LogP contribution < -0.4 is 15.0 Å². The average Bonchev–Trinajstić information content (AvgIpc) is 2.89. The van der Waals surface area contributed by atoms with Crippen LogP contribution in [0.5, 0.6) is 11.5 Å². The zero-order chi connectivity index (χ0) is 24.1. The molecule has 4 atom stereocenters. The molecule has 3 saturated heterocycles. The molecule has 1 aromatic carbocycles. The number of aromatic nitrogens is 2. The van der Waals surface area contributed by atoms with Gasteiger partial charge in [0.05, 0.1) is 31.8 Å². The van der Waals surface area contributed by atoms with Gasteiger partial charge >= 0.3 is 0 Å². The topological polar surface area (TPSA) is 76.9 Å². The first-order valence-electron chi connectivity index (χ1n) is 12.9. The van der Waals surface area contributed by atoms with Crippen LogP contribution in [0, 0.1) is 11.8 Å². The molecule has 186 valence electrons. The van der Waals surface area contributed by atoms with E-state index in [1.165, 1.54) is 49.6 Å². The van der Waals surface area contributed by atoms with Crippen LogP contribution in [0.3, 0.4) is 0 Å². The molecule has 4 heterocycles. The fourth-order valence-corrected chi connectivity index (χ4v) is 7.17. The van der Waals surface area contributed by atoms with Crippen molar-refractivity contribution in [3.05, 3.63) is 40.3 Å². The third kappa shape index (κ3) is 3.73. The van der Waals surface area contributed by atoms with Gasteiger partial charge in [0.25, 0.3) is 5.56 Å². The van der Waals surface area contributed by atoms with Crippen LogP contribution in [0.1, 0.15) is 38.5 Å². The molecule has 0 radical (unpaired) electrons. The smallest absolute Gasteiger partial charge is 0.279 e. The molecular weight excluding hydrogens is 444 g/mol. The van der Waals surface area contributed by atoms with Crippen molar-refractivity contribution in [2.45, 2.75) is 57.2 Å². The Hall–Kier alpha value is -2.87. The quantitative estimate of drug-likeness (QED) is 0.629. The maximum absolute atomic E-state index is 13.7. The van der Waals surface area contributed by atoms with Gasteiger partial charge in [-0.15, -0.1) is 0 Å². The summed E-state index contributed by atoms with van der Waals surface area (Å²) in [5.74, 6) is 1.93. The number of benzene rings is 1. The van der Waals surface area contributed by atoms with Gasteiger partial charge in [-0.2, -0.15) is 5.10 Å². The lowest BCUT2D eigenvalue weighted by Crippen LogP contribution is -2.60. The predicted molar refractivity (Wildman–Crippen MR) is 133 cm³/mol. The first-order chi connectivity index (χ1) is 17.1. The number of amides is 1.